The van der Waals surface area contributed by atoms with Crippen LogP contribution in [-0.4, -0.2) is 36.4 Å². The first-order chi connectivity index (χ1) is 13.5. The number of nitrogens with one attached hydrogen (secondary N) is 2. The van der Waals surface area contributed by atoms with E-state index in [4.69, 9.17) is 0 Å². The van der Waals surface area contributed by atoms with Gasteiger partial charge in [0.2, 0.25) is 11.8 Å². The number of ketones is 1. The predicted molar refractivity (Wildman–Crippen MR) is 116 cm³/mol. The average Bonchev–Trinajstić information content (AvgIpc) is 3.22. The summed E-state index contributed by atoms with van der Waals surface area (Å²) in [6, 6.07) is 12.0. The van der Waals surface area contributed by atoms with Crippen LogP contribution in [0, 0.1) is 6.92 Å². The fourth-order valence-electron chi connectivity index (χ4n) is 2.42. The van der Waals surface area contributed by atoms with E-state index in [1.165, 1.54) is 22.5 Å². The molecular weight excluding hydrogens is 392 g/mol. The van der Waals surface area contributed by atoms with Crippen molar-refractivity contribution in [1.29, 1.82) is 0 Å². The fourth-order valence-corrected chi connectivity index (χ4v) is 3.93. The van der Waals surface area contributed by atoms with E-state index in [1.54, 1.807) is 17.8 Å². The molecule has 2 N–H and O–H groups in total. The zero-order valence-electron chi connectivity index (χ0n) is 16.0. The highest BCUT2D eigenvalue weighted by Gasteiger charge is 2.10. The molecule has 0 bridgehead atoms. The van der Waals surface area contributed by atoms with Crippen LogP contribution in [0.25, 0.3) is 0 Å². The number of hydrogen-bond donors (Lipinski definition) is 2. The molecule has 0 saturated heterocycles. The van der Waals surface area contributed by atoms with E-state index >= 15 is 0 Å². The van der Waals surface area contributed by atoms with Gasteiger partial charge in [0.25, 0.3) is 0 Å². The lowest BCUT2D eigenvalue weighted by molar-refractivity contribution is -0.122. The van der Waals surface area contributed by atoms with Crippen LogP contribution in [0.2, 0.25) is 0 Å². The second-order valence-electron chi connectivity index (χ2n) is 6.39. The van der Waals surface area contributed by atoms with Crippen LogP contribution in [0.5, 0.6) is 0 Å². The summed E-state index contributed by atoms with van der Waals surface area (Å²) in [7, 11) is 0. The zero-order chi connectivity index (χ0) is 20.2. The number of amides is 2. The maximum atomic E-state index is 11.8. The molecule has 28 heavy (non-hydrogen) atoms. The molecule has 5 nitrogen and oxygen atoms in total. The minimum Gasteiger partial charge on any atom is -0.356 e. The van der Waals surface area contributed by atoms with E-state index in [9.17, 15) is 14.4 Å². The van der Waals surface area contributed by atoms with Crippen molar-refractivity contribution >= 4 is 40.7 Å². The summed E-state index contributed by atoms with van der Waals surface area (Å²) in [5.41, 5.74) is 2.53. The Hall–Kier alpha value is -2.12. The van der Waals surface area contributed by atoms with Crippen molar-refractivity contribution in [2.24, 2.45) is 0 Å². The summed E-state index contributed by atoms with van der Waals surface area (Å²) in [5, 5.41) is 7.38. The number of carbonyl (C=O) groups is 3. The summed E-state index contributed by atoms with van der Waals surface area (Å²) in [4.78, 5) is 36.1. The van der Waals surface area contributed by atoms with Crippen LogP contribution in [0.4, 0.5) is 0 Å². The Kier molecular flexibility index (Phi) is 9.79. The summed E-state index contributed by atoms with van der Waals surface area (Å²) >= 11 is 3.15. The average molecular weight is 419 g/mol. The molecule has 1 aromatic carbocycles. The fraction of sp³-hybridized carbons (Fsp3) is 0.381. The topological polar surface area (TPSA) is 75.3 Å². The Morgan fingerprint density at radius 2 is 1.64 bits per heavy atom. The molecule has 1 aromatic heterocycles. The van der Waals surface area contributed by atoms with E-state index in [0.29, 0.717) is 11.4 Å². The molecule has 0 atom stereocenters. The van der Waals surface area contributed by atoms with Crippen molar-refractivity contribution in [2.75, 3.05) is 18.8 Å². The molecule has 150 valence electrons. The molecule has 0 spiro atoms. The summed E-state index contributed by atoms with van der Waals surface area (Å²) in [6.45, 7) is 2.96. The number of benzene rings is 1. The molecule has 7 heteroatoms. The minimum absolute atomic E-state index is 0.0222. The van der Waals surface area contributed by atoms with Gasteiger partial charge < -0.3 is 10.6 Å². The number of rotatable bonds is 12. The van der Waals surface area contributed by atoms with E-state index in [1.807, 2.05) is 11.4 Å². The van der Waals surface area contributed by atoms with Gasteiger partial charge in [-0.05, 0) is 23.9 Å². The third kappa shape index (κ3) is 8.71. The third-order valence-electron chi connectivity index (χ3n) is 4.01. The summed E-state index contributed by atoms with van der Waals surface area (Å²) in [6.07, 6.45) is 0.581. The largest absolute Gasteiger partial charge is 0.356 e. The van der Waals surface area contributed by atoms with E-state index in [2.05, 4.69) is 41.8 Å². The predicted octanol–water partition coefficient (Wildman–Crippen LogP) is 3.58. The standard InChI is InChI=1S/C21H26N2O3S2/c1-16-4-6-17(7-5-16)15-27-14-12-23-21(26)10-11-22-20(25)9-8-18(24)19-3-2-13-28-19/h2-7,13H,8-12,14-15H2,1H3,(H,22,25)(H,23,26). The molecule has 0 aliphatic carbocycles. The SMILES string of the molecule is Cc1ccc(CSCCNC(=O)CCNC(=O)CCC(=O)c2cccs2)cc1. The van der Waals surface area contributed by atoms with Crippen LogP contribution >= 0.6 is 23.1 Å². The molecule has 0 saturated carbocycles. The molecule has 0 unspecified atom stereocenters. The molecular formula is C21H26N2O3S2. The summed E-state index contributed by atoms with van der Waals surface area (Å²) in [5.74, 6) is 1.47. The van der Waals surface area contributed by atoms with Crippen LogP contribution < -0.4 is 10.6 Å². The maximum Gasteiger partial charge on any atom is 0.221 e. The molecule has 2 rings (SSSR count). The number of carbonyl (C=O) groups excluding carboxylic acids is 3. The second-order valence-corrected chi connectivity index (χ2v) is 8.44. The van der Waals surface area contributed by atoms with Crippen molar-refractivity contribution < 1.29 is 14.4 Å². The quantitative estimate of drug-likeness (QED) is 0.408. The number of Topliss-reactive ketones (excluding diaryl/α,β-unsaturated/α-hetero) is 1. The lowest BCUT2D eigenvalue weighted by Crippen LogP contribution is -2.31. The number of aryl methyl sites for hydroxylation is 1. The lowest BCUT2D eigenvalue weighted by atomic mass is 10.2. The van der Waals surface area contributed by atoms with Gasteiger partial charge in [-0.3, -0.25) is 14.4 Å². The van der Waals surface area contributed by atoms with Crippen molar-refractivity contribution in [1.82, 2.24) is 10.6 Å². The minimum atomic E-state index is -0.202. The smallest absolute Gasteiger partial charge is 0.221 e. The molecule has 2 aromatic rings. The van der Waals surface area contributed by atoms with Crippen LogP contribution in [-0.2, 0) is 15.3 Å². The number of thioether (sulfide) groups is 1. The molecule has 2 amide bonds. The van der Waals surface area contributed by atoms with Gasteiger partial charge in [0.15, 0.2) is 5.78 Å². The highest BCUT2D eigenvalue weighted by Crippen LogP contribution is 2.13. The van der Waals surface area contributed by atoms with Gasteiger partial charge >= 0.3 is 0 Å². The summed E-state index contributed by atoms with van der Waals surface area (Å²) < 4.78 is 0. The third-order valence-corrected chi connectivity index (χ3v) is 5.95. The van der Waals surface area contributed by atoms with Gasteiger partial charge in [0, 0.05) is 43.9 Å². The monoisotopic (exact) mass is 418 g/mol. The Balaban J connectivity index is 1.47. The van der Waals surface area contributed by atoms with E-state index < -0.39 is 0 Å². The van der Waals surface area contributed by atoms with E-state index in [0.717, 1.165) is 11.5 Å². The van der Waals surface area contributed by atoms with Crippen LogP contribution in [0.3, 0.4) is 0 Å². The first-order valence-electron chi connectivity index (χ1n) is 9.28. The van der Waals surface area contributed by atoms with Gasteiger partial charge in [0.05, 0.1) is 4.88 Å². The lowest BCUT2D eigenvalue weighted by Gasteiger charge is -2.07. The van der Waals surface area contributed by atoms with Gasteiger partial charge in [-0.25, -0.2) is 0 Å². The zero-order valence-corrected chi connectivity index (χ0v) is 17.7. The number of hydrogen-bond acceptors (Lipinski definition) is 5. The van der Waals surface area contributed by atoms with Crippen molar-refractivity contribution in [3.8, 4) is 0 Å². The van der Waals surface area contributed by atoms with Gasteiger partial charge in [-0.2, -0.15) is 11.8 Å². The molecule has 0 aliphatic heterocycles. The highest BCUT2D eigenvalue weighted by molar-refractivity contribution is 7.98. The maximum absolute atomic E-state index is 11.8. The first-order valence-corrected chi connectivity index (χ1v) is 11.3. The normalized spacial score (nSPS) is 10.5. The Morgan fingerprint density at radius 3 is 2.36 bits per heavy atom. The molecule has 0 radical (unpaired) electrons. The highest BCUT2D eigenvalue weighted by atomic mass is 32.2. The molecule has 0 aliphatic rings. The Morgan fingerprint density at radius 1 is 0.929 bits per heavy atom. The van der Waals surface area contributed by atoms with Gasteiger partial charge in [-0.1, -0.05) is 35.9 Å². The van der Waals surface area contributed by atoms with Crippen LogP contribution in [0.15, 0.2) is 41.8 Å². The van der Waals surface area contributed by atoms with Crippen molar-refractivity contribution in [2.45, 2.75) is 31.9 Å². The molecule has 0 fully saturated rings. The van der Waals surface area contributed by atoms with Gasteiger partial charge in [-0.15, -0.1) is 11.3 Å². The van der Waals surface area contributed by atoms with Crippen molar-refractivity contribution in [3.63, 3.8) is 0 Å². The first kappa shape index (κ1) is 22.2. The van der Waals surface area contributed by atoms with Crippen molar-refractivity contribution in [3.05, 3.63) is 57.8 Å². The van der Waals surface area contributed by atoms with E-state index in [-0.39, 0.29) is 43.4 Å². The Bertz CT molecular complexity index is 758. The van der Waals surface area contributed by atoms with Gasteiger partial charge in [0.1, 0.15) is 0 Å². The Labute approximate surface area is 174 Å². The molecule has 1 heterocycles. The van der Waals surface area contributed by atoms with Crippen LogP contribution in [0.1, 0.15) is 40.1 Å². The number of thiophene rings is 1. The second kappa shape index (κ2) is 12.4.